The molecule has 0 bridgehead atoms. The van der Waals surface area contributed by atoms with E-state index in [1.165, 1.54) is 5.56 Å². The molecule has 3 N–H and O–H groups in total. The van der Waals surface area contributed by atoms with Gasteiger partial charge in [0.05, 0.1) is 0 Å². The minimum absolute atomic E-state index is 0.142. The Balaban J connectivity index is 0.000000303. The first-order valence-corrected chi connectivity index (χ1v) is 10.4. The first kappa shape index (κ1) is 24.3. The molecule has 0 saturated carbocycles. The second kappa shape index (κ2) is 14.1. The highest BCUT2D eigenvalue weighted by Crippen LogP contribution is 2.05. The molecule has 0 aliphatic rings. The summed E-state index contributed by atoms with van der Waals surface area (Å²) in [6.45, 7) is 0.142. The van der Waals surface area contributed by atoms with Crippen LogP contribution in [0.5, 0.6) is 0 Å². The van der Waals surface area contributed by atoms with Crippen molar-refractivity contribution < 1.29 is 19.1 Å². The predicted molar refractivity (Wildman–Crippen MR) is 124 cm³/mol. The highest BCUT2D eigenvalue weighted by atomic mass is 16.5. The number of benzene rings is 3. The summed E-state index contributed by atoms with van der Waals surface area (Å²) in [5, 5.41) is 2.50. The zero-order chi connectivity index (χ0) is 23.0. The molecule has 2 amide bonds. The molecule has 0 aliphatic carbocycles. The van der Waals surface area contributed by atoms with Crippen LogP contribution in [0.15, 0.2) is 91.0 Å². The lowest BCUT2D eigenvalue weighted by molar-refractivity contribution is -0.120. The van der Waals surface area contributed by atoms with Crippen LogP contribution in [0.4, 0.5) is 4.79 Å². The second-order valence-corrected chi connectivity index (χ2v) is 7.04. The number of primary amides is 1. The van der Waals surface area contributed by atoms with Gasteiger partial charge in [0, 0.05) is 12.8 Å². The summed E-state index contributed by atoms with van der Waals surface area (Å²) in [6, 6.07) is 27.9. The number of nitrogens with one attached hydrogen (secondary N) is 1. The van der Waals surface area contributed by atoms with E-state index in [0.717, 1.165) is 23.8 Å². The minimum atomic E-state index is -0.800. The van der Waals surface area contributed by atoms with Gasteiger partial charge in [-0.05, 0) is 23.1 Å². The fourth-order valence-corrected chi connectivity index (χ4v) is 2.85. The van der Waals surface area contributed by atoms with E-state index in [1.807, 2.05) is 91.0 Å². The highest BCUT2D eigenvalue weighted by molar-refractivity contribution is 5.84. The van der Waals surface area contributed by atoms with Crippen LogP contribution in [0, 0.1) is 0 Å². The predicted octanol–water partition coefficient (Wildman–Crippen LogP) is 3.83. The van der Waals surface area contributed by atoms with Crippen LogP contribution in [-0.4, -0.2) is 24.3 Å². The van der Waals surface area contributed by atoms with E-state index in [-0.39, 0.29) is 6.61 Å². The van der Waals surface area contributed by atoms with E-state index in [4.69, 9.17) is 10.5 Å². The molecule has 3 aromatic rings. The minimum Gasteiger partial charge on any atom is -0.445 e. The van der Waals surface area contributed by atoms with Gasteiger partial charge in [-0.2, -0.15) is 0 Å². The van der Waals surface area contributed by atoms with Gasteiger partial charge in [-0.1, -0.05) is 91.0 Å². The number of alkyl carbamates (subject to hydrolysis) is 1. The Kier molecular flexibility index (Phi) is 10.8. The number of aldehydes is 1. The van der Waals surface area contributed by atoms with Gasteiger partial charge in [0.2, 0.25) is 5.91 Å². The lowest BCUT2D eigenvalue weighted by Crippen LogP contribution is -2.46. The molecule has 0 aliphatic heterocycles. The van der Waals surface area contributed by atoms with Crippen LogP contribution >= 0.6 is 0 Å². The van der Waals surface area contributed by atoms with Crippen LogP contribution in [0.25, 0.3) is 0 Å². The fraction of sp³-hybridized carbons (Fsp3) is 0.192. The number of hydrogen-bond acceptors (Lipinski definition) is 4. The van der Waals surface area contributed by atoms with Gasteiger partial charge < -0.3 is 20.6 Å². The molecule has 0 saturated heterocycles. The Morgan fingerprint density at radius 1 is 0.812 bits per heavy atom. The molecule has 3 rings (SSSR count). The Labute approximate surface area is 188 Å². The van der Waals surface area contributed by atoms with Crippen molar-refractivity contribution in [3.8, 4) is 0 Å². The molecular weight excluding hydrogens is 404 g/mol. The molecule has 166 valence electrons. The number of carbonyl (C=O) groups excluding carboxylic acids is 3. The largest absolute Gasteiger partial charge is 0.445 e. The van der Waals surface area contributed by atoms with Gasteiger partial charge in [0.15, 0.2) is 0 Å². The Morgan fingerprint density at radius 2 is 1.31 bits per heavy atom. The van der Waals surface area contributed by atoms with Crippen LogP contribution in [0.1, 0.15) is 23.1 Å². The molecule has 1 unspecified atom stereocenters. The van der Waals surface area contributed by atoms with Crippen LogP contribution < -0.4 is 11.1 Å². The van der Waals surface area contributed by atoms with Crippen molar-refractivity contribution >= 4 is 18.3 Å². The van der Waals surface area contributed by atoms with Crippen molar-refractivity contribution in [1.29, 1.82) is 0 Å². The maximum absolute atomic E-state index is 11.8. The highest BCUT2D eigenvalue weighted by Gasteiger charge is 2.19. The summed E-state index contributed by atoms with van der Waals surface area (Å²) in [5.74, 6) is -0.597. The first-order chi connectivity index (χ1) is 15.6. The number of rotatable bonds is 9. The molecular formula is C26H28N2O4. The molecule has 1 atom stereocenters. The van der Waals surface area contributed by atoms with Crippen molar-refractivity contribution in [2.45, 2.75) is 31.9 Å². The van der Waals surface area contributed by atoms with Crippen molar-refractivity contribution in [2.75, 3.05) is 0 Å². The van der Waals surface area contributed by atoms with Crippen LogP contribution in [-0.2, 0) is 33.8 Å². The Morgan fingerprint density at radius 3 is 1.81 bits per heavy atom. The molecule has 3 aromatic carbocycles. The number of ether oxygens (including phenoxy) is 1. The summed E-state index contributed by atoms with van der Waals surface area (Å²) in [5.41, 5.74) is 8.35. The third-order valence-corrected chi connectivity index (χ3v) is 4.52. The molecule has 6 nitrogen and oxygen atoms in total. The van der Waals surface area contributed by atoms with Crippen molar-refractivity contribution in [2.24, 2.45) is 5.73 Å². The molecule has 0 heterocycles. The number of amides is 2. The van der Waals surface area contributed by atoms with Gasteiger partial charge >= 0.3 is 6.09 Å². The van der Waals surface area contributed by atoms with Crippen molar-refractivity contribution in [3.05, 3.63) is 108 Å². The number of carbonyl (C=O) groups is 3. The molecule has 0 radical (unpaired) electrons. The van der Waals surface area contributed by atoms with E-state index in [2.05, 4.69) is 5.32 Å². The van der Waals surface area contributed by atoms with Crippen LogP contribution in [0.3, 0.4) is 0 Å². The van der Waals surface area contributed by atoms with E-state index in [0.29, 0.717) is 12.8 Å². The topological polar surface area (TPSA) is 98.5 Å². The third-order valence-electron chi connectivity index (χ3n) is 4.52. The Bertz CT molecular complexity index is 947. The summed E-state index contributed by atoms with van der Waals surface area (Å²) in [4.78, 5) is 33.2. The number of hydrogen-bond donors (Lipinski definition) is 2. The number of aryl methyl sites for hydroxylation is 1. The molecule has 6 heteroatoms. The quantitative estimate of drug-likeness (QED) is 0.502. The van der Waals surface area contributed by atoms with E-state index in [1.54, 1.807) is 0 Å². The molecule has 0 aromatic heterocycles. The molecule has 32 heavy (non-hydrogen) atoms. The Hall–Kier alpha value is -3.93. The lowest BCUT2D eigenvalue weighted by Gasteiger charge is -2.15. The SMILES string of the molecule is NC(=O)C(Cc1ccccc1)NC(=O)OCc1ccccc1.O=CCCc1ccccc1. The number of nitrogens with two attached hydrogens (primary N) is 1. The maximum Gasteiger partial charge on any atom is 0.408 e. The zero-order valence-corrected chi connectivity index (χ0v) is 17.9. The fourth-order valence-electron chi connectivity index (χ4n) is 2.85. The zero-order valence-electron chi connectivity index (χ0n) is 17.9. The average Bonchev–Trinajstić information content (AvgIpc) is 2.83. The van der Waals surface area contributed by atoms with Gasteiger partial charge in [-0.15, -0.1) is 0 Å². The monoisotopic (exact) mass is 432 g/mol. The normalized spacial score (nSPS) is 10.8. The molecule has 0 spiro atoms. The summed E-state index contributed by atoms with van der Waals surface area (Å²) < 4.78 is 5.09. The van der Waals surface area contributed by atoms with Gasteiger partial charge in [0.25, 0.3) is 0 Å². The van der Waals surface area contributed by atoms with Gasteiger partial charge in [-0.3, -0.25) is 4.79 Å². The summed E-state index contributed by atoms with van der Waals surface area (Å²) in [7, 11) is 0. The van der Waals surface area contributed by atoms with Gasteiger partial charge in [-0.25, -0.2) is 4.79 Å². The van der Waals surface area contributed by atoms with Crippen molar-refractivity contribution in [1.82, 2.24) is 5.32 Å². The van der Waals surface area contributed by atoms with Crippen molar-refractivity contribution in [3.63, 3.8) is 0 Å². The van der Waals surface area contributed by atoms with E-state index < -0.39 is 18.0 Å². The summed E-state index contributed by atoms with van der Waals surface area (Å²) >= 11 is 0. The second-order valence-electron chi connectivity index (χ2n) is 7.04. The van der Waals surface area contributed by atoms with Crippen LogP contribution in [0.2, 0.25) is 0 Å². The van der Waals surface area contributed by atoms with E-state index >= 15 is 0 Å². The standard InChI is InChI=1S/C17H18N2O3.C9H10O/c18-16(20)15(11-13-7-3-1-4-8-13)19-17(21)22-12-14-9-5-2-6-10-14;10-8-4-7-9-5-2-1-3-6-9/h1-10,15H,11-12H2,(H2,18,20)(H,19,21);1-3,5-6,8H,4,7H2. The third kappa shape index (κ3) is 9.71. The van der Waals surface area contributed by atoms with Gasteiger partial charge in [0.1, 0.15) is 18.9 Å². The van der Waals surface area contributed by atoms with E-state index in [9.17, 15) is 14.4 Å². The molecule has 0 fully saturated rings. The average molecular weight is 433 g/mol. The lowest BCUT2D eigenvalue weighted by atomic mass is 10.1. The first-order valence-electron chi connectivity index (χ1n) is 10.4. The smallest absolute Gasteiger partial charge is 0.408 e. The maximum atomic E-state index is 11.8. The summed E-state index contributed by atoms with van der Waals surface area (Å²) in [6.07, 6.45) is 2.11.